The first-order valence-corrected chi connectivity index (χ1v) is 11.1. The third-order valence-corrected chi connectivity index (χ3v) is 6.90. The van der Waals surface area contributed by atoms with E-state index < -0.39 is 0 Å². The minimum atomic E-state index is -0.259. The van der Waals surface area contributed by atoms with E-state index in [0.717, 1.165) is 12.1 Å². The van der Waals surface area contributed by atoms with E-state index in [2.05, 4.69) is 59.7 Å². The van der Waals surface area contributed by atoms with Crippen LogP contribution in [0.25, 0.3) is 16.7 Å². The lowest BCUT2D eigenvalue weighted by Gasteiger charge is -2.43. The molecule has 2 aliphatic heterocycles. The van der Waals surface area contributed by atoms with Gasteiger partial charge in [-0.1, -0.05) is 54.6 Å². The summed E-state index contributed by atoms with van der Waals surface area (Å²) in [5, 5.41) is 4.29. The van der Waals surface area contributed by atoms with Crippen LogP contribution in [0.2, 0.25) is 0 Å². The molecule has 1 saturated heterocycles. The number of aromatic nitrogens is 2. The molecule has 2 aromatic carbocycles. The van der Waals surface area contributed by atoms with Crippen molar-refractivity contribution in [1.29, 1.82) is 0 Å². The van der Waals surface area contributed by atoms with Crippen molar-refractivity contribution in [2.45, 2.75) is 24.4 Å². The molecule has 3 aromatic rings. The number of amides is 1. The number of fused-ring (bicyclic) bond motifs is 5. The Morgan fingerprint density at radius 2 is 1.78 bits per heavy atom. The van der Waals surface area contributed by atoms with Crippen LogP contribution < -0.4 is 0 Å². The Morgan fingerprint density at radius 3 is 2.44 bits per heavy atom. The highest BCUT2D eigenvalue weighted by Gasteiger charge is 2.40. The van der Waals surface area contributed by atoms with Crippen molar-refractivity contribution < 1.29 is 14.3 Å². The van der Waals surface area contributed by atoms with E-state index >= 15 is 0 Å². The van der Waals surface area contributed by atoms with Gasteiger partial charge in [-0.2, -0.15) is 5.10 Å². The molecule has 1 amide bonds. The van der Waals surface area contributed by atoms with Crippen LogP contribution in [0.3, 0.4) is 0 Å². The fourth-order valence-electron chi connectivity index (χ4n) is 5.43. The minimum absolute atomic E-state index is 0.0284. The molecule has 0 radical (unpaired) electrons. The molecule has 32 heavy (non-hydrogen) atoms. The van der Waals surface area contributed by atoms with Gasteiger partial charge in [0.15, 0.2) is 0 Å². The van der Waals surface area contributed by atoms with Gasteiger partial charge in [-0.05, 0) is 40.3 Å². The number of carbonyl (C=O) groups excluding carboxylic acids is 1. The van der Waals surface area contributed by atoms with E-state index in [9.17, 15) is 4.79 Å². The number of morpholine rings is 1. The van der Waals surface area contributed by atoms with Gasteiger partial charge < -0.3 is 9.47 Å². The average Bonchev–Trinajstić information content (AvgIpc) is 3.38. The summed E-state index contributed by atoms with van der Waals surface area (Å²) in [6.45, 7) is 1.35. The van der Waals surface area contributed by atoms with Gasteiger partial charge in [0, 0.05) is 19.2 Å². The first-order valence-electron chi connectivity index (χ1n) is 11.1. The number of benzene rings is 2. The smallest absolute Gasteiger partial charge is 0.410 e. The second-order valence-electron chi connectivity index (χ2n) is 8.71. The van der Waals surface area contributed by atoms with Gasteiger partial charge in [-0.15, -0.1) is 0 Å². The van der Waals surface area contributed by atoms with Crippen LogP contribution >= 0.6 is 0 Å². The number of hydrogen-bond donors (Lipinski definition) is 0. The molecule has 6 nitrogen and oxygen atoms in total. The summed E-state index contributed by atoms with van der Waals surface area (Å²) in [6, 6.07) is 18.7. The van der Waals surface area contributed by atoms with Gasteiger partial charge in [0.05, 0.1) is 31.0 Å². The van der Waals surface area contributed by atoms with Crippen LogP contribution in [-0.2, 0) is 16.5 Å². The van der Waals surface area contributed by atoms with Crippen LogP contribution in [0.1, 0.15) is 29.2 Å². The Balaban J connectivity index is 1.23. The molecule has 0 saturated carbocycles. The molecule has 0 N–H and O–H groups in total. The predicted molar refractivity (Wildman–Crippen MR) is 121 cm³/mol. The van der Waals surface area contributed by atoms with Crippen LogP contribution in [0.4, 0.5) is 4.79 Å². The van der Waals surface area contributed by atoms with Crippen LogP contribution in [0.15, 0.2) is 66.9 Å². The van der Waals surface area contributed by atoms with Crippen LogP contribution in [-0.4, -0.2) is 52.7 Å². The maximum atomic E-state index is 13.3. The van der Waals surface area contributed by atoms with Crippen molar-refractivity contribution in [3.8, 4) is 11.1 Å². The van der Waals surface area contributed by atoms with Crippen molar-refractivity contribution in [2.24, 2.45) is 7.05 Å². The van der Waals surface area contributed by atoms with Gasteiger partial charge >= 0.3 is 6.09 Å². The molecule has 2 unspecified atom stereocenters. The average molecular weight is 428 g/mol. The van der Waals surface area contributed by atoms with E-state index in [1.54, 1.807) is 6.20 Å². The second kappa shape index (κ2) is 7.64. The molecule has 1 aromatic heterocycles. The normalized spacial score (nSPS) is 21.7. The van der Waals surface area contributed by atoms with Crippen molar-refractivity contribution >= 4 is 11.7 Å². The summed E-state index contributed by atoms with van der Waals surface area (Å²) in [5.41, 5.74) is 7.22. The first kappa shape index (κ1) is 19.3. The van der Waals surface area contributed by atoms with Gasteiger partial charge in [0.25, 0.3) is 0 Å². The number of ether oxygens (including phenoxy) is 2. The van der Waals surface area contributed by atoms with E-state index in [-0.39, 0.29) is 24.1 Å². The maximum absolute atomic E-state index is 13.3. The SMILES string of the molecule is Cn1nccc1C1=CC2COCC(C1)N2C(=O)OCC1c2ccccc2-c2ccccc21. The van der Waals surface area contributed by atoms with Gasteiger partial charge in [-0.25, -0.2) is 4.79 Å². The summed E-state index contributed by atoms with van der Waals surface area (Å²) in [6.07, 6.45) is 4.42. The molecule has 0 spiro atoms. The Morgan fingerprint density at radius 1 is 1.06 bits per heavy atom. The van der Waals surface area contributed by atoms with Gasteiger partial charge in [0.2, 0.25) is 0 Å². The van der Waals surface area contributed by atoms with Crippen molar-refractivity contribution in [3.63, 3.8) is 0 Å². The zero-order valence-corrected chi connectivity index (χ0v) is 18.0. The number of aryl methyl sites for hydroxylation is 1. The maximum Gasteiger partial charge on any atom is 0.410 e. The van der Waals surface area contributed by atoms with E-state index in [4.69, 9.17) is 9.47 Å². The fraction of sp³-hybridized carbons (Fsp3) is 0.308. The third-order valence-electron chi connectivity index (χ3n) is 6.90. The van der Waals surface area contributed by atoms with E-state index in [1.165, 1.54) is 27.8 Å². The molecular formula is C26H25N3O3. The Hall–Kier alpha value is -3.38. The molecule has 162 valence electrons. The molecule has 2 bridgehead atoms. The Kier molecular flexibility index (Phi) is 4.61. The van der Waals surface area contributed by atoms with E-state index in [0.29, 0.717) is 19.8 Å². The highest BCUT2D eigenvalue weighted by molar-refractivity contribution is 5.79. The zero-order chi connectivity index (χ0) is 21.7. The zero-order valence-electron chi connectivity index (χ0n) is 18.0. The molecule has 3 heterocycles. The first-order chi connectivity index (χ1) is 15.7. The largest absolute Gasteiger partial charge is 0.448 e. The quantitative estimate of drug-likeness (QED) is 0.628. The number of carbonyl (C=O) groups is 1. The van der Waals surface area contributed by atoms with E-state index in [1.807, 2.05) is 22.7 Å². The minimum Gasteiger partial charge on any atom is -0.448 e. The Bertz CT molecular complexity index is 1170. The summed E-state index contributed by atoms with van der Waals surface area (Å²) >= 11 is 0. The van der Waals surface area contributed by atoms with Crippen LogP contribution in [0, 0.1) is 0 Å². The van der Waals surface area contributed by atoms with Gasteiger partial charge in [-0.3, -0.25) is 9.58 Å². The lowest BCUT2D eigenvalue weighted by Crippen LogP contribution is -2.56. The summed E-state index contributed by atoms with van der Waals surface area (Å²) < 4.78 is 13.6. The van der Waals surface area contributed by atoms with Crippen molar-refractivity contribution in [3.05, 3.63) is 83.7 Å². The third kappa shape index (κ3) is 3.06. The Labute approximate surface area is 187 Å². The molecule has 3 aliphatic rings. The summed E-state index contributed by atoms with van der Waals surface area (Å²) in [4.78, 5) is 15.1. The molecular weight excluding hydrogens is 402 g/mol. The predicted octanol–water partition coefficient (Wildman–Crippen LogP) is 4.23. The fourth-order valence-corrected chi connectivity index (χ4v) is 5.43. The number of nitrogens with zero attached hydrogens (tertiary/aromatic N) is 3. The number of hydrogen-bond acceptors (Lipinski definition) is 4. The van der Waals surface area contributed by atoms with Crippen LogP contribution in [0.5, 0.6) is 0 Å². The highest BCUT2D eigenvalue weighted by Crippen LogP contribution is 2.44. The van der Waals surface area contributed by atoms with Crippen molar-refractivity contribution in [1.82, 2.24) is 14.7 Å². The molecule has 6 rings (SSSR count). The molecule has 6 heteroatoms. The lowest BCUT2D eigenvalue weighted by atomic mass is 9.92. The van der Waals surface area contributed by atoms with Crippen molar-refractivity contribution in [2.75, 3.05) is 19.8 Å². The standard InChI is InChI=1S/C26H25N3O3/c1-28-25(10-11-27-28)17-12-18-14-31-15-19(13-17)29(18)26(30)32-16-24-22-8-4-2-6-20(22)21-7-3-5-9-23(21)24/h2-12,18-19,24H,13-16H2,1H3. The lowest BCUT2D eigenvalue weighted by molar-refractivity contribution is -0.0332. The monoisotopic (exact) mass is 427 g/mol. The number of rotatable bonds is 3. The second-order valence-corrected chi connectivity index (χ2v) is 8.71. The molecule has 1 fully saturated rings. The topological polar surface area (TPSA) is 56.6 Å². The highest BCUT2D eigenvalue weighted by atomic mass is 16.6. The van der Waals surface area contributed by atoms with Gasteiger partial charge in [0.1, 0.15) is 6.61 Å². The molecule has 1 aliphatic carbocycles. The molecule has 2 atom stereocenters. The summed E-state index contributed by atoms with van der Waals surface area (Å²) in [7, 11) is 1.94. The summed E-state index contributed by atoms with van der Waals surface area (Å²) in [5.74, 6) is 0.0628.